The van der Waals surface area contributed by atoms with Gasteiger partial charge in [0.05, 0.1) is 10.9 Å². The molecule has 0 bridgehead atoms. The van der Waals surface area contributed by atoms with Crippen molar-refractivity contribution >= 4 is 16.6 Å². The maximum Gasteiger partial charge on any atom is 0.261 e. The Labute approximate surface area is 157 Å². The van der Waals surface area contributed by atoms with E-state index in [1.54, 1.807) is 11.6 Å². The van der Waals surface area contributed by atoms with Gasteiger partial charge >= 0.3 is 0 Å². The molecule has 0 saturated carbocycles. The van der Waals surface area contributed by atoms with E-state index in [-0.39, 0.29) is 5.56 Å². The average molecular weight is 359 g/mol. The van der Waals surface area contributed by atoms with E-state index >= 15 is 0 Å². The summed E-state index contributed by atoms with van der Waals surface area (Å²) in [7, 11) is 1.76. The van der Waals surface area contributed by atoms with Gasteiger partial charge in [0.1, 0.15) is 5.82 Å². The van der Waals surface area contributed by atoms with Crippen molar-refractivity contribution in [2.75, 3.05) is 31.5 Å². The predicted octanol–water partition coefficient (Wildman–Crippen LogP) is 3.95. The summed E-state index contributed by atoms with van der Waals surface area (Å²) < 4.78 is 1.59. The first-order valence-corrected chi connectivity index (χ1v) is 10.0. The Bertz CT molecular complexity index is 745. The van der Waals surface area contributed by atoms with Crippen LogP contribution in [-0.2, 0) is 7.05 Å². The molecule has 144 valence electrons. The lowest BCUT2D eigenvalue weighted by atomic mass is 10.1. The van der Waals surface area contributed by atoms with Crippen LogP contribution < -0.4 is 10.9 Å². The van der Waals surface area contributed by atoms with Gasteiger partial charge < -0.3 is 10.2 Å². The van der Waals surface area contributed by atoms with E-state index in [0.29, 0.717) is 5.39 Å². The van der Waals surface area contributed by atoms with E-state index in [2.05, 4.69) is 29.0 Å². The largest absolute Gasteiger partial charge is 0.384 e. The molecule has 1 aromatic heterocycles. The summed E-state index contributed by atoms with van der Waals surface area (Å²) in [6, 6.07) is 5.81. The molecule has 0 aliphatic carbocycles. The molecule has 2 heterocycles. The fraction of sp³-hybridized carbons (Fsp3) is 0.619. The maximum absolute atomic E-state index is 12.2. The van der Waals surface area contributed by atoms with Gasteiger partial charge in [-0.05, 0) is 51.1 Å². The van der Waals surface area contributed by atoms with Crippen LogP contribution in [0.4, 0.5) is 5.69 Å². The van der Waals surface area contributed by atoms with Gasteiger partial charge in [0.2, 0.25) is 0 Å². The molecular weight excluding hydrogens is 324 g/mol. The number of unbranched alkanes of at least 4 members (excludes halogenated alkanes) is 1. The number of rotatable bonds is 5. The molecule has 1 aromatic carbocycles. The monoisotopic (exact) mass is 358 g/mol. The van der Waals surface area contributed by atoms with Gasteiger partial charge in [0, 0.05) is 25.8 Å². The number of hydrogen-bond donors (Lipinski definition) is 1. The van der Waals surface area contributed by atoms with Gasteiger partial charge in [-0.2, -0.15) is 0 Å². The molecule has 0 unspecified atom stereocenters. The molecule has 26 heavy (non-hydrogen) atoms. The number of likely N-dealkylation sites (tertiary alicyclic amines) is 1. The minimum absolute atomic E-state index is 0.0161. The minimum atomic E-state index is 0.0161. The number of nitrogens with one attached hydrogen (secondary N) is 1. The Morgan fingerprint density at radius 2 is 1.81 bits per heavy atom. The molecule has 5 nitrogen and oxygen atoms in total. The number of fused-ring (bicyclic) bond motifs is 1. The average Bonchev–Trinajstić information content (AvgIpc) is 2.67. The first kappa shape index (κ1) is 20.4. The number of anilines is 1. The Kier molecular flexibility index (Phi) is 8.10. The number of hydrogen-bond acceptors (Lipinski definition) is 4. The molecule has 1 aliphatic rings. The van der Waals surface area contributed by atoms with Gasteiger partial charge in [-0.25, -0.2) is 4.98 Å². The molecule has 1 fully saturated rings. The predicted molar refractivity (Wildman–Crippen MR) is 111 cm³/mol. The first-order chi connectivity index (χ1) is 12.6. The highest BCUT2D eigenvalue weighted by molar-refractivity contribution is 5.81. The summed E-state index contributed by atoms with van der Waals surface area (Å²) in [5.74, 6) is 0.739. The van der Waals surface area contributed by atoms with Gasteiger partial charge in [0.25, 0.3) is 5.56 Å². The Morgan fingerprint density at radius 1 is 1.12 bits per heavy atom. The van der Waals surface area contributed by atoms with Gasteiger partial charge in [-0.15, -0.1) is 0 Å². The molecule has 2 aromatic rings. The van der Waals surface area contributed by atoms with Crippen molar-refractivity contribution in [3.63, 3.8) is 0 Å². The molecule has 0 radical (unpaired) electrons. The van der Waals surface area contributed by atoms with Crippen molar-refractivity contribution in [2.45, 2.75) is 52.9 Å². The number of nitrogens with zero attached hydrogens (tertiary/aromatic N) is 3. The highest BCUT2D eigenvalue weighted by Gasteiger charge is 2.09. The van der Waals surface area contributed by atoms with E-state index in [0.717, 1.165) is 30.1 Å². The van der Waals surface area contributed by atoms with Crippen molar-refractivity contribution in [1.29, 1.82) is 0 Å². The van der Waals surface area contributed by atoms with Crippen molar-refractivity contribution in [3.8, 4) is 0 Å². The summed E-state index contributed by atoms with van der Waals surface area (Å²) in [4.78, 5) is 19.2. The zero-order valence-electron chi connectivity index (χ0n) is 16.8. The molecule has 3 rings (SSSR count). The van der Waals surface area contributed by atoms with Crippen molar-refractivity contribution in [1.82, 2.24) is 14.5 Å². The van der Waals surface area contributed by atoms with Crippen LogP contribution in [0, 0.1) is 6.92 Å². The number of piperidine rings is 1. The van der Waals surface area contributed by atoms with Crippen molar-refractivity contribution < 1.29 is 0 Å². The fourth-order valence-corrected chi connectivity index (χ4v) is 3.03. The highest BCUT2D eigenvalue weighted by Crippen LogP contribution is 2.15. The zero-order valence-corrected chi connectivity index (χ0v) is 16.8. The van der Waals surface area contributed by atoms with E-state index < -0.39 is 0 Å². The Hall–Kier alpha value is -1.88. The molecule has 0 amide bonds. The molecule has 0 spiro atoms. The fourth-order valence-electron chi connectivity index (χ4n) is 3.03. The van der Waals surface area contributed by atoms with Crippen LogP contribution in [0.25, 0.3) is 10.9 Å². The van der Waals surface area contributed by atoms with E-state index in [4.69, 9.17) is 0 Å². The van der Waals surface area contributed by atoms with Crippen LogP contribution in [0.5, 0.6) is 0 Å². The zero-order chi connectivity index (χ0) is 18.9. The summed E-state index contributed by atoms with van der Waals surface area (Å²) >= 11 is 0. The minimum Gasteiger partial charge on any atom is -0.384 e. The summed E-state index contributed by atoms with van der Waals surface area (Å²) in [6.45, 7) is 10.7. The Balaban J connectivity index is 0.000000552. The first-order valence-electron chi connectivity index (χ1n) is 10.0. The molecule has 0 atom stereocenters. The van der Waals surface area contributed by atoms with Crippen LogP contribution in [0.1, 0.15) is 51.8 Å². The van der Waals surface area contributed by atoms with Gasteiger partial charge in [-0.3, -0.25) is 9.36 Å². The normalized spacial score (nSPS) is 14.8. The van der Waals surface area contributed by atoms with Gasteiger partial charge in [-0.1, -0.05) is 33.1 Å². The quantitative estimate of drug-likeness (QED) is 0.879. The van der Waals surface area contributed by atoms with Crippen LogP contribution in [0.15, 0.2) is 23.0 Å². The molecule has 1 aliphatic heterocycles. The van der Waals surface area contributed by atoms with Crippen LogP contribution in [0.3, 0.4) is 0 Å². The third-order valence-electron chi connectivity index (χ3n) is 5.01. The third-order valence-corrected chi connectivity index (χ3v) is 5.01. The second-order valence-electron chi connectivity index (χ2n) is 7.08. The Morgan fingerprint density at radius 3 is 2.46 bits per heavy atom. The number of benzene rings is 1. The smallest absolute Gasteiger partial charge is 0.261 e. The lowest BCUT2D eigenvalue weighted by Crippen LogP contribution is -2.33. The van der Waals surface area contributed by atoms with Gasteiger partial charge in [0.15, 0.2) is 0 Å². The molecule has 5 heteroatoms. The second kappa shape index (κ2) is 10.3. The van der Waals surface area contributed by atoms with E-state index in [9.17, 15) is 4.79 Å². The number of aromatic nitrogens is 2. The molecule has 1 saturated heterocycles. The number of aryl methyl sites for hydroxylation is 1. The SMILES string of the molecule is CCCC.Cc1nc2cc(NCCN3CCCCC3)ccc2c(=O)n1C. The van der Waals surface area contributed by atoms with Crippen molar-refractivity contribution in [3.05, 3.63) is 34.4 Å². The maximum atomic E-state index is 12.2. The lowest BCUT2D eigenvalue weighted by molar-refractivity contribution is 0.237. The van der Waals surface area contributed by atoms with Crippen LogP contribution in [-0.4, -0.2) is 40.6 Å². The van der Waals surface area contributed by atoms with Crippen LogP contribution in [0.2, 0.25) is 0 Å². The topological polar surface area (TPSA) is 50.2 Å². The van der Waals surface area contributed by atoms with Crippen LogP contribution >= 0.6 is 0 Å². The standard InChI is InChI=1S/C17H24N4O.C4H10/c1-13-19-16-12-14(6-7-15(16)17(22)20(13)2)18-8-11-21-9-4-3-5-10-21;1-3-4-2/h6-7,12,18H,3-5,8-11H2,1-2H3;3-4H2,1-2H3. The molecule has 1 N–H and O–H groups in total. The second-order valence-corrected chi connectivity index (χ2v) is 7.08. The van der Waals surface area contributed by atoms with E-state index in [1.165, 1.54) is 45.2 Å². The highest BCUT2D eigenvalue weighted by atomic mass is 16.1. The van der Waals surface area contributed by atoms with Crippen molar-refractivity contribution in [2.24, 2.45) is 7.05 Å². The molecular formula is C21H34N4O. The van der Waals surface area contributed by atoms with E-state index in [1.807, 2.05) is 25.1 Å². The summed E-state index contributed by atoms with van der Waals surface area (Å²) in [5.41, 5.74) is 1.82. The third kappa shape index (κ3) is 5.56. The lowest BCUT2D eigenvalue weighted by Gasteiger charge is -2.26. The summed E-state index contributed by atoms with van der Waals surface area (Å²) in [5, 5.41) is 4.12. The summed E-state index contributed by atoms with van der Waals surface area (Å²) in [6.07, 6.45) is 6.65.